The second-order valence-corrected chi connectivity index (χ2v) is 4.20. The maximum Gasteiger partial charge on any atom is 0.0695 e. The lowest BCUT2D eigenvalue weighted by Gasteiger charge is -2.16. The van der Waals surface area contributed by atoms with Gasteiger partial charge in [-0.3, -0.25) is 0 Å². The first-order valence-electron chi connectivity index (χ1n) is 6.05. The van der Waals surface area contributed by atoms with Gasteiger partial charge in [0.25, 0.3) is 0 Å². The van der Waals surface area contributed by atoms with Crippen molar-refractivity contribution in [3.8, 4) is 0 Å². The highest BCUT2D eigenvalue weighted by molar-refractivity contribution is 4.61. The lowest BCUT2D eigenvalue weighted by molar-refractivity contribution is 0.0496. The van der Waals surface area contributed by atoms with Crippen molar-refractivity contribution in [1.29, 1.82) is 0 Å². The Hall–Kier alpha value is -0.0800. The van der Waals surface area contributed by atoms with Crippen molar-refractivity contribution in [2.24, 2.45) is 5.73 Å². The summed E-state index contributed by atoms with van der Waals surface area (Å²) in [6.07, 6.45) is 8.09. The molecule has 0 rings (SSSR count). The van der Waals surface area contributed by atoms with E-state index < -0.39 is 0 Å². The van der Waals surface area contributed by atoms with Crippen LogP contribution in [-0.2, 0) is 4.74 Å². The van der Waals surface area contributed by atoms with Crippen molar-refractivity contribution >= 4 is 0 Å². The molecule has 0 aliphatic heterocycles. The molecule has 0 radical (unpaired) electrons. The van der Waals surface area contributed by atoms with Crippen molar-refractivity contribution in [2.45, 2.75) is 71.4 Å². The summed E-state index contributed by atoms with van der Waals surface area (Å²) < 4.78 is 5.58. The number of rotatable bonds is 9. The van der Waals surface area contributed by atoms with Crippen molar-refractivity contribution in [2.75, 3.05) is 6.61 Å². The summed E-state index contributed by atoms with van der Waals surface area (Å²) in [5.74, 6) is 0. The van der Waals surface area contributed by atoms with E-state index in [9.17, 15) is 0 Å². The molecule has 0 aromatic carbocycles. The Labute approximate surface area is 89.2 Å². The molecule has 0 saturated heterocycles. The standard InChI is InChI=1S/C12H27NO/c1-4-5-6-7-8-9-10-14-12(3)11(2)13/h11-12H,4-10,13H2,1-3H3/t11-,12?/m1/s1. The van der Waals surface area contributed by atoms with E-state index in [1.165, 1.54) is 38.5 Å². The van der Waals surface area contributed by atoms with E-state index >= 15 is 0 Å². The third-order valence-electron chi connectivity index (χ3n) is 2.62. The third-order valence-corrected chi connectivity index (χ3v) is 2.62. The van der Waals surface area contributed by atoms with E-state index in [1.807, 2.05) is 13.8 Å². The maximum atomic E-state index is 5.69. The quantitative estimate of drug-likeness (QED) is 0.582. The van der Waals surface area contributed by atoms with Crippen molar-refractivity contribution < 1.29 is 4.74 Å². The van der Waals surface area contributed by atoms with Gasteiger partial charge in [-0.05, 0) is 20.3 Å². The molecule has 0 aromatic rings. The van der Waals surface area contributed by atoms with Gasteiger partial charge in [0.15, 0.2) is 0 Å². The van der Waals surface area contributed by atoms with Crippen molar-refractivity contribution in [3.63, 3.8) is 0 Å². The van der Waals surface area contributed by atoms with E-state index in [1.54, 1.807) is 0 Å². The van der Waals surface area contributed by atoms with Crippen molar-refractivity contribution in [3.05, 3.63) is 0 Å². The fraction of sp³-hybridized carbons (Fsp3) is 1.00. The lowest BCUT2D eigenvalue weighted by atomic mass is 10.1. The summed E-state index contributed by atoms with van der Waals surface area (Å²) in [4.78, 5) is 0. The molecule has 0 spiro atoms. The topological polar surface area (TPSA) is 35.2 Å². The van der Waals surface area contributed by atoms with Crippen LogP contribution in [0.4, 0.5) is 0 Å². The Morgan fingerprint density at radius 2 is 1.57 bits per heavy atom. The summed E-state index contributed by atoms with van der Waals surface area (Å²) >= 11 is 0. The third kappa shape index (κ3) is 8.52. The molecule has 0 fully saturated rings. The van der Waals surface area contributed by atoms with Crippen LogP contribution in [0.1, 0.15) is 59.3 Å². The Kier molecular flexibility index (Phi) is 9.42. The van der Waals surface area contributed by atoms with Gasteiger partial charge >= 0.3 is 0 Å². The second kappa shape index (κ2) is 9.47. The molecule has 1 unspecified atom stereocenters. The fourth-order valence-electron chi connectivity index (χ4n) is 1.30. The molecular weight excluding hydrogens is 174 g/mol. The number of hydrogen-bond acceptors (Lipinski definition) is 2. The van der Waals surface area contributed by atoms with Gasteiger partial charge in [0.1, 0.15) is 0 Å². The van der Waals surface area contributed by atoms with Gasteiger partial charge in [0.2, 0.25) is 0 Å². The minimum absolute atomic E-state index is 0.148. The Morgan fingerprint density at radius 1 is 1.00 bits per heavy atom. The van der Waals surface area contributed by atoms with E-state index in [-0.39, 0.29) is 12.1 Å². The van der Waals surface area contributed by atoms with Crippen molar-refractivity contribution in [1.82, 2.24) is 0 Å². The predicted octanol–water partition coefficient (Wildman–Crippen LogP) is 3.10. The number of hydrogen-bond donors (Lipinski definition) is 1. The first-order valence-corrected chi connectivity index (χ1v) is 6.05. The molecule has 2 nitrogen and oxygen atoms in total. The average Bonchev–Trinajstić information content (AvgIpc) is 2.16. The van der Waals surface area contributed by atoms with Gasteiger partial charge in [-0.25, -0.2) is 0 Å². The van der Waals surface area contributed by atoms with Crippen LogP contribution in [0.25, 0.3) is 0 Å². The first kappa shape index (κ1) is 13.9. The first-order chi connectivity index (χ1) is 6.68. The molecule has 2 N–H and O–H groups in total. The summed E-state index contributed by atoms with van der Waals surface area (Å²) in [6, 6.07) is 0.148. The molecule has 0 aromatic heterocycles. The SMILES string of the molecule is CCCCCCCCOC(C)[C@@H](C)N. The molecule has 0 bridgehead atoms. The maximum absolute atomic E-state index is 5.69. The zero-order valence-electron chi connectivity index (χ0n) is 10.1. The number of nitrogens with two attached hydrogens (primary N) is 1. The van der Waals surface area contributed by atoms with Crippen LogP contribution < -0.4 is 5.73 Å². The zero-order chi connectivity index (χ0) is 10.8. The van der Waals surface area contributed by atoms with Crippen LogP contribution >= 0.6 is 0 Å². The van der Waals surface area contributed by atoms with E-state index in [0.717, 1.165) is 6.61 Å². The smallest absolute Gasteiger partial charge is 0.0695 e. The molecule has 0 aliphatic carbocycles. The number of unbranched alkanes of at least 4 members (excludes halogenated alkanes) is 5. The molecule has 2 heteroatoms. The lowest BCUT2D eigenvalue weighted by Crippen LogP contribution is -2.31. The average molecular weight is 201 g/mol. The largest absolute Gasteiger partial charge is 0.377 e. The molecule has 0 saturated carbocycles. The highest BCUT2D eigenvalue weighted by Crippen LogP contribution is 2.06. The van der Waals surface area contributed by atoms with Gasteiger partial charge in [-0.2, -0.15) is 0 Å². The fourth-order valence-corrected chi connectivity index (χ4v) is 1.30. The van der Waals surface area contributed by atoms with Gasteiger partial charge < -0.3 is 10.5 Å². The van der Waals surface area contributed by atoms with Crippen LogP contribution in [0.2, 0.25) is 0 Å². The zero-order valence-corrected chi connectivity index (χ0v) is 10.1. The predicted molar refractivity (Wildman–Crippen MR) is 62.4 cm³/mol. The van der Waals surface area contributed by atoms with E-state index in [4.69, 9.17) is 10.5 Å². The normalized spacial score (nSPS) is 15.4. The molecule has 0 amide bonds. The summed E-state index contributed by atoms with van der Waals surface area (Å²) in [5, 5.41) is 0. The van der Waals surface area contributed by atoms with Gasteiger partial charge in [0.05, 0.1) is 6.10 Å². The van der Waals surface area contributed by atoms with Crippen LogP contribution in [0.3, 0.4) is 0 Å². The monoisotopic (exact) mass is 201 g/mol. The van der Waals surface area contributed by atoms with Crippen LogP contribution in [-0.4, -0.2) is 18.8 Å². The molecular formula is C12H27NO. The van der Waals surface area contributed by atoms with Crippen LogP contribution in [0.5, 0.6) is 0 Å². The van der Waals surface area contributed by atoms with Gasteiger partial charge in [0, 0.05) is 12.6 Å². The molecule has 2 atom stereocenters. The number of ether oxygens (including phenoxy) is 1. The second-order valence-electron chi connectivity index (χ2n) is 4.20. The summed E-state index contributed by atoms with van der Waals surface area (Å²) in [6.45, 7) is 7.15. The summed E-state index contributed by atoms with van der Waals surface area (Å²) in [7, 11) is 0. The van der Waals surface area contributed by atoms with E-state index in [0.29, 0.717) is 0 Å². The Bertz CT molecular complexity index is 115. The highest BCUT2D eigenvalue weighted by atomic mass is 16.5. The van der Waals surface area contributed by atoms with Crippen LogP contribution in [0, 0.1) is 0 Å². The van der Waals surface area contributed by atoms with Gasteiger partial charge in [-0.15, -0.1) is 0 Å². The molecule has 0 heterocycles. The Balaban J connectivity index is 3.06. The van der Waals surface area contributed by atoms with E-state index in [2.05, 4.69) is 6.92 Å². The molecule has 86 valence electrons. The minimum atomic E-state index is 0.148. The molecule has 14 heavy (non-hydrogen) atoms. The van der Waals surface area contributed by atoms with Crippen LogP contribution in [0.15, 0.2) is 0 Å². The highest BCUT2D eigenvalue weighted by Gasteiger charge is 2.06. The Morgan fingerprint density at radius 3 is 2.14 bits per heavy atom. The summed E-state index contributed by atoms with van der Waals surface area (Å²) in [5.41, 5.74) is 5.69. The minimum Gasteiger partial charge on any atom is -0.377 e. The van der Waals surface area contributed by atoms with Gasteiger partial charge in [-0.1, -0.05) is 39.0 Å². The molecule has 0 aliphatic rings.